The van der Waals surface area contributed by atoms with Gasteiger partial charge in [0.15, 0.2) is 0 Å². The van der Waals surface area contributed by atoms with Crippen LogP contribution >= 0.6 is 0 Å². The van der Waals surface area contributed by atoms with Gasteiger partial charge in [0.25, 0.3) is 11.8 Å². The number of carbonyl (C=O) groups excluding carboxylic acids is 5. The van der Waals surface area contributed by atoms with Crippen LogP contribution in [0.1, 0.15) is 50.2 Å². The van der Waals surface area contributed by atoms with E-state index < -0.39 is 47.3 Å². The highest BCUT2D eigenvalue weighted by Gasteiger charge is 2.45. The Bertz CT molecular complexity index is 1960. The van der Waals surface area contributed by atoms with Crippen LogP contribution in [-0.2, 0) is 27.1 Å². The van der Waals surface area contributed by atoms with Gasteiger partial charge in [0.05, 0.1) is 34.4 Å². The maximum Gasteiger partial charge on any atom is 0.416 e. The van der Waals surface area contributed by atoms with Crippen LogP contribution in [0.3, 0.4) is 0 Å². The summed E-state index contributed by atoms with van der Waals surface area (Å²) in [6.45, 7) is 4.32. The number of nitrogens with one attached hydrogen (secondary N) is 2. The lowest BCUT2D eigenvalue weighted by atomic mass is 9.98. The van der Waals surface area contributed by atoms with Gasteiger partial charge in [-0.25, -0.2) is 0 Å². The zero-order valence-corrected chi connectivity index (χ0v) is 24.6. The number of hydrogen-bond donors (Lipinski definition) is 2. The SMILES string of the molecule is C=C=Cc1cc(C(F)(F)F)ccc1NC(=O)Cn1cc(C#CC2CN(c3ccc4c(c3)C(=O)N(C3CCC(=O)NC3=O)C4=O)C2)cn1. The second kappa shape index (κ2) is 12.1. The van der Waals surface area contributed by atoms with Crippen molar-refractivity contribution in [2.75, 3.05) is 23.3 Å². The van der Waals surface area contributed by atoms with Gasteiger partial charge in [-0.15, -0.1) is 5.73 Å². The minimum Gasteiger partial charge on any atom is -0.369 e. The summed E-state index contributed by atoms with van der Waals surface area (Å²) in [7, 11) is 0. The number of aromatic nitrogens is 2. The van der Waals surface area contributed by atoms with E-state index in [1.54, 1.807) is 24.4 Å². The summed E-state index contributed by atoms with van der Waals surface area (Å²) in [5.41, 5.74) is 3.55. The summed E-state index contributed by atoms with van der Waals surface area (Å²) in [4.78, 5) is 65.3. The van der Waals surface area contributed by atoms with Crippen molar-refractivity contribution >= 4 is 47.0 Å². The van der Waals surface area contributed by atoms with E-state index in [4.69, 9.17) is 0 Å². The van der Waals surface area contributed by atoms with Gasteiger partial charge in [-0.3, -0.25) is 38.9 Å². The van der Waals surface area contributed by atoms with Crippen molar-refractivity contribution in [3.8, 4) is 11.8 Å². The first-order valence-electron chi connectivity index (χ1n) is 14.4. The normalized spacial score (nSPS) is 17.7. The van der Waals surface area contributed by atoms with E-state index in [1.165, 1.54) is 23.0 Å². The zero-order chi connectivity index (χ0) is 33.5. The smallest absolute Gasteiger partial charge is 0.369 e. The molecule has 0 bridgehead atoms. The first kappa shape index (κ1) is 31.1. The second-order valence-electron chi connectivity index (χ2n) is 11.2. The second-order valence-corrected chi connectivity index (χ2v) is 11.2. The topological polar surface area (TPSA) is 134 Å². The maximum absolute atomic E-state index is 13.1. The molecular formula is C33H25F3N6O5. The molecule has 47 heavy (non-hydrogen) atoms. The molecule has 2 fully saturated rings. The molecule has 11 nitrogen and oxygen atoms in total. The fraction of sp³-hybridized carbons (Fsp3) is 0.242. The number of halogens is 3. The van der Waals surface area contributed by atoms with E-state index in [1.807, 2.05) is 4.90 Å². The van der Waals surface area contributed by atoms with Crippen molar-refractivity contribution in [2.45, 2.75) is 31.6 Å². The Hall–Kier alpha value is -5.93. The lowest BCUT2D eigenvalue weighted by Crippen LogP contribution is -2.54. The molecule has 2 aromatic carbocycles. The highest BCUT2D eigenvalue weighted by Crippen LogP contribution is 2.34. The Morgan fingerprint density at radius 2 is 1.85 bits per heavy atom. The molecule has 1 aromatic heterocycles. The van der Waals surface area contributed by atoms with Gasteiger partial charge in [-0.2, -0.15) is 18.3 Å². The van der Waals surface area contributed by atoms with Crippen LogP contribution in [0, 0.1) is 17.8 Å². The van der Waals surface area contributed by atoms with E-state index in [0.717, 1.165) is 22.7 Å². The van der Waals surface area contributed by atoms with E-state index in [2.05, 4.69) is 39.9 Å². The summed E-state index contributed by atoms with van der Waals surface area (Å²) in [6, 6.07) is 6.84. The van der Waals surface area contributed by atoms with E-state index in [0.29, 0.717) is 18.7 Å². The predicted octanol–water partition coefficient (Wildman–Crippen LogP) is 3.23. The third-order valence-electron chi connectivity index (χ3n) is 7.94. The summed E-state index contributed by atoms with van der Waals surface area (Å²) in [6.07, 6.45) is -0.0859. The average Bonchev–Trinajstić information content (AvgIpc) is 3.53. The van der Waals surface area contributed by atoms with Crippen molar-refractivity contribution in [3.05, 3.63) is 88.9 Å². The van der Waals surface area contributed by atoms with Crippen molar-refractivity contribution in [1.29, 1.82) is 0 Å². The Kier molecular flexibility index (Phi) is 8.01. The molecule has 5 amide bonds. The van der Waals surface area contributed by atoms with Gasteiger partial charge in [-0.05, 0) is 48.9 Å². The van der Waals surface area contributed by atoms with Crippen molar-refractivity contribution in [3.63, 3.8) is 0 Å². The number of benzene rings is 2. The van der Waals surface area contributed by atoms with Crippen LogP contribution in [0.15, 0.2) is 61.1 Å². The summed E-state index contributed by atoms with van der Waals surface area (Å²) >= 11 is 0. The molecule has 0 aliphatic carbocycles. The number of imide groups is 2. The molecule has 0 radical (unpaired) electrons. The number of nitrogens with zero attached hydrogens (tertiary/aromatic N) is 4. The fourth-order valence-electron chi connectivity index (χ4n) is 5.56. The lowest BCUT2D eigenvalue weighted by molar-refractivity contribution is -0.138. The van der Waals surface area contributed by atoms with Gasteiger partial charge < -0.3 is 10.2 Å². The number of piperidine rings is 1. The van der Waals surface area contributed by atoms with Crippen molar-refractivity contribution in [1.82, 2.24) is 20.0 Å². The van der Waals surface area contributed by atoms with E-state index >= 15 is 0 Å². The maximum atomic E-state index is 13.1. The quantitative estimate of drug-likeness (QED) is 0.240. The molecule has 6 rings (SSSR count). The highest BCUT2D eigenvalue weighted by atomic mass is 19.4. The van der Waals surface area contributed by atoms with E-state index in [-0.39, 0.29) is 47.7 Å². The van der Waals surface area contributed by atoms with E-state index in [9.17, 15) is 37.1 Å². The average molecular weight is 643 g/mol. The number of hydrogen-bond acceptors (Lipinski definition) is 7. The minimum absolute atomic E-state index is 0.00297. The number of amides is 5. The van der Waals surface area contributed by atoms with Crippen molar-refractivity contribution in [2.24, 2.45) is 5.92 Å². The molecule has 2 saturated heterocycles. The Balaban J connectivity index is 1.04. The standard InChI is InChI=1S/C33H25F3N6O5/c1-2-3-21-12-22(33(34,35)36)6-9-26(21)38-29(44)18-41-17-19(14-37-41)4-5-20-15-40(16-20)23-7-8-24-25(13-23)32(47)42(31(24)46)27-10-11-28(43)39-30(27)45/h3,6-9,12-14,17,20,27H,1,10-11,15-16,18H2,(H,38,44)(H,39,43,45). The fourth-order valence-corrected chi connectivity index (χ4v) is 5.56. The molecule has 3 aliphatic rings. The first-order valence-corrected chi connectivity index (χ1v) is 14.4. The third kappa shape index (κ3) is 6.29. The van der Waals surface area contributed by atoms with Crippen LogP contribution in [0.2, 0.25) is 0 Å². The van der Waals surface area contributed by atoms with Crippen LogP contribution < -0.4 is 15.5 Å². The number of carbonyl (C=O) groups is 5. The molecule has 1 atom stereocenters. The molecule has 4 heterocycles. The molecule has 0 saturated carbocycles. The largest absolute Gasteiger partial charge is 0.416 e. The molecule has 2 N–H and O–H groups in total. The van der Waals surface area contributed by atoms with Gasteiger partial charge in [0.1, 0.15) is 12.6 Å². The number of alkyl halides is 3. The highest BCUT2D eigenvalue weighted by molar-refractivity contribution is 6.23. The summed E-state index contributed by atoms with van der Waals surface area (Å²) in [5.74, 6) is 3.44. The van der Waals surface area contributed by atoms with Crippen LogP contribution in [0.25, 0.3) is 6.08 Å². The van der Waals surface area contributed by atoms with Gasteiger partial charge in [-0.1, -0.05) is 18.4 Å². The zero-order valence-electron chi connectivity index (χ0n) is 24.6. The molecule has 0 spiro atoms. The van der Waals surface area contributed by atoms with Gasteiger partial charge in [0.2, 0.25) is 17.7 Å². The summed E-state index contributed by atoms with van der Waals surface area (Å²) < 4.78 is 40.6. The Morgan fingerprint density at radius 3 is 2.57 bits per heavy atom. The number of fused-ring (bicyclic) bond motifs is 1. The lowest BCUT2D eigenvalue weighted by Gasteiger charge is -2.38. The first-order chi connectivity index (χ1) is 22.4. The van der Waals surface area contributed by atoms with Crippen LogP contribution in [0.5, 0.6) is 0 Å². The van der Waals surface area contributed by atoms with Gasteiger partial charge in [0, 0.05) is 42.6 Å². The molecular weight excluding hydrogens is 617 g/mol. The molecule has 238 valence electrons. The van der Waals surface area contributed by atoms with Crippen LogP contribution in [-0.4, -0.2) is 63.3 Å². The Morgan fingerprint density at radius 1 is 1.09 bits per heavy atom. The summed E-state index contributed by atoms with van der Waals surface area (Å²) in [5, 5.41) is 8.90. The number of rotatable bonds is 6. The monoisotopic (exact) mass is 642 g/mol. The van der Waals surface area contributed by atoms with Gasteiger partial charge >= 0.3 is 6.18 Å². The predicted molar refractivity (Wildman–Crippen MR) is 162 cm³/mol. The van der Waals surface area contributed by atoms with Crippen LogP contribution in [0.4, 0.5) is 24.5 Å². The Labute approximate surface area is 265 Å². The third-order valence-corrected chi connectivity index (χ3v) is 7.94. The molecule has 3 aliphatic heterocycles. The molecule has 1 unspecified atom stereocenters. The van der Waals surface area contributed by atoms with Crippen molar-refractivity contribution < 1.29 is 37.1 Å². The molecule has 3 aromatic rings. The minimum atomic E-state index is -4.54. The number of anilines is 2. The molecule has 14 heteroatoms.